The van der Waals surface area contributed by atoms with Crippen LogP contribution in [-0.4, -0.2) is 62.3 Å². The van der Waals surface area contributed by atoms with E-state index in [2.05, 4.69) is 10.1 Å². The maximum absolute atomic E-state index is 12.1. The van der Waals surface area contributed by atoms with Crippen molar-refractivity contribution in [2.24, 2.45) is 5.92 Å². The van der Waals surface area contributed by atoms with Gasteiger partial charge in [-0.25, -0.2) is 0 Å². The van der Waals surface area contributed by atoms with E-state index in [-0.39, 0.29) is 24.0 Å². The first kappa shape index (κ1) is 24.9. The highest BCUT2D eigenvalue weighted by Crippen LogP contribution is 2.27. The number of esters is 2. The van der Waals surface area contributed by atoms with Crippen LogP contribution in [-0.2, 0) is 28.7 Å². The van der Waals surface area contributed by atoms with Crippen LogP contribution in [0.1, 0.15) is 39.0 Å². The molecule has 0 aliphatic heterocycles. The Labute approximate surface area is 163 Å². The first-order valence-electron chi connectivity index (χ1n) is 8.44. The Bertz CT molecular complexity index is 472. The summed E-state index contributed by atoms with van der Waals surface area (Å²) in [5.74, 6) is -0.236. The zero-order valence-electron chi connectivity index (χ0n) is 15.9. The molecule has 2 unspecified atom stereocenters. The highest BCUT2D eigenvalue weighted by molar-refractivity contribution is 8.76. The molecule has 0 saturated carbocycles. The average Bonchev–Trinajstić information content (AvgIpc) is 2.62. The predicted octanol–water partition coefficient (Wildman–Crippen LogP) is 2.03. The monoisotopic (exact) mass is 407 g/mol. The van der Waals surface area contributed by atoms with Crippen LogP contribution < -0.4 is 5.32 Å². The molecule has 0 radical (unpaired) electrons. The molecule has 0 aromatic heterocycles. The molecule has 0 bridgehead atoms. The topological polar surface area (TPSA) is 98.8 Å². The van der Waals surface area contributed by atoms with Crippen molar-refractivity contribution in [3.63, 3.8) is 0 Å². The van der Waals surface area contributed by atoms with Crippen molar-refractivity contribution in [1.82, 2.24) is 5.32 Å². The number of ether oxygens (including phenoxy) is 2. The number of Topliss-reactive ketones (excluding diaryl/α,β-unsaturated/α-hetero) is 2. The van der Waals surface area contributed by atoms with Crippen LogP contribution in [0.5, 0.6) is 0 Å². The standard InChI is InChI=1S/C17H29NO6S2/c1-12(19)7-5-6-8-14(20)9-13(16(21)23-3)10-25-26-11-15(18-2)17(22)24-4/h13,15,18H,5-11H2,1-4H3. The second kappa shape index (κ2) is 15.0. The molecule has 0 aliphatic rings. The van der Waals surface area contributed by atoms with E-state index >= 15 is 0 Å². The van der Waals surface area contributed by atoms with Gasteiger partial charge in [0, 0.05) is 30.8 Å². The van der Waals surface area contributed by atoms with Crippen molar-refractivity contribution < 1.29 is 28.7 Å². The minimum atomic E-state index is -0.510. The van der Waals surface area contributed by atoms with Gasteiger partial charge in [-0.1, -0.05) is 21.6 Å². The molecule has 0 aliphatic carbocycles. The number of unbranched alkanes of at least 4 members (excludes halogenated alkanes) is 1. The van der Waals surface area contributed by atoms with Crippen LogP contribution in [0.15, 0.2) is 0 Å². The summed E-state index contributed by atoms with van der Waals surface area (Å²) in [6, 6.07) is -0.419. The molecule has 2 atom stereocenters. The number of carbonyl (C=O) groups is 4. The summed E-state index contributed by atoms with van der Waals surface area (Å²) in [6.45, 7) is 1.53. The van der Waals surface area contributed by atoms with E-state index in [1.807, 2.05) is 0 Å². The van der Waals surface area contributed by atoms with Crippen molar-refractivity contribution >= 4 is 45.1 Å². The molecular weight excluding hydrogens is 378 g/mol. The molecule has 7 nitrogen and oxygen atoms in total. The van der Waals surface area contributed by atoms with Gasteiger partial charge >= 0.3 is 11.9 Å². The average molecular weight is 408 g/mol. The molecule has 0 saturated heterocycles. The van der Waals surface area contributed by atoms with Crippen molar-refractivity contribution in [2.75, 3.05) is 32.8 Å². The quantitative estimate of drug-likeness (QED) is 0.248. The van der Waals surface area contributed by atoms with Crippen LogP contribution in [0, 0.1) is 5.92 Å². The van der Waals surface area contributed by atoms with Gasteiger partial charge in [0.15, 0.2) is 0 Å². The molecule has 9 heteroatoms. The largest absolute Gasteiger partial charge is 0.469 e. The first-order chi connectivity index (χ1) is 12.3. The fourth-order valence-electron chi connectivity index (χ4n) is 2.11. The van der Waals surface area contributed by atoms with Gasteiger partial charge in [0.1, 0.15) is 17.6 Å². The number of carbonyl (C=O) groups excluding carboxylic acids is 4. The Morgan fingerprint density at radius 3 is 2.04 bits per heavy atom. The van der Waals surface area contributed by atoms with Crippen molar-refractivity contribution in [2.45, 2.75) is 45.1 Å². The maximum atomic E-state index is 12.1. The highest BCUT2D eigenvalue weighted by atomic mass is 33.1. The third-order valence-corrected chi connectivity index (χ3v) is 6.16. The number of hydrogen-bond donors (Lipinski definition) is 1. The predicted molar refractivity (Wildman–Crippen MR) is 104 cm³/mol. The van der Waals surface area contributed by atoms with E-state index in [1.54, 1.807) is 7.05 Å². The first-order valence-corrected chi connectivity index (χ1v) is 10.9. The second-order valence-electron chi connectivity index (χ2n) is 5.81. The number of hydrogen-bond acceptors (Lipinski definition) is 9. The van der Waals surface area contributed by atoms with E-state index in [4.69, 9.17) is 4.74 Å². The molecule has 0 fully saturated rings. The summed E-state index contributed by atoms with van der Waals surface area (Å²) in [5.41, 5.74) is 0. The zero-order chi connectivity index (χ0) is 19.9. The van der Waals surface area contributed by atoms with E-state index in [0.29, 0.717) is 37.2 Å². The van der Waals surface area contributed by atoms with Gasteiger partial charge in [0.25, 0.3) is 0 Å². The van der Waals surface area contributed by atoms with Crippen molar-refractivity contribution in [3.8, 4) is 0 Å². The van der Waals surface area contributed by atoms with Crippen LogP contribution in [0.25, 0.3) is 0 Å². The van der Waals surface area contributed by atoms with Gasteiger partial charge in [0.2, 0.25) is 0 Å². The Balaban J connectivity index is 4.28. The Hall–Kier alpha value is -1.06. The minimum Gasteiger partial charge on any atom is -0.469 e. The van der Waals surface area contributed by atoms with Gasteiger partial charge < -0.3 is 19.6 Å². The number of nitrogens with one attached hydrogen (secondary N) is 1. The molecule has 0 spiro atoms. The Morgan fingerprint density at radius 1 is 0.923 bits per heavy atom. The third-order valence-electron chi connectivity index (χ3n) is 3.66. The summed E-state index contributed by atoms with van der Waals surface area (Å²) >= 11 is 0. The summed E-state index contributed by atoms with van der Waals surface area (Å²) in [5, 5.41) is 2.87. The fourth-order valence-corrected chi connectivity index (χ4v) is 4.64. The molecule has 0 amide bonds. The SMILES string of the molecule is CNC(CSSCC(CC(=O)CCCCC(C)=O)C(=O)OC)C(=O)OC. The summed E-state index contributed by atoms with van der Waals surface area (Å²) < 4.78 is 9.47. The lowest BCUT2D eigenvalue weighted by atomic mass is 10.0. The van der Waals surface area contributed by atoms with Crippen molar-refractivity contribution in [1.29, 1.82) is 0 Å². The Kier molecular flexibility index (Phi) is 14.4. The van der Waals surface area contributed by atoms with Crippen LogP contribution in [0.4, 0.5) is 0 Å². The van der Waals surface area contributed by atoms with Gasteiger partial charge in [0.05, 0.1) is 20.1 Å². The number of rotatable bonds is 15. The molecule has 0 aromatic carbocycles. The van der Waals surface area contributed by atoms with Gasteiger partial charge in [-0.2, -0.15) is 0 Å². The van der Waals surface area contributed by atoms with E-state index in [1.165, 1.54) is 42.7 Å². The lowest BCUT2D eigenvalue weighted by molar-refractivity contribution is -0.146. The zero-order valence-corrected chi connectivity index (χ0v) is 17.5. The molecule has 0 heterocycles. The van der Waals surface area contributed by atoms with Gasteiger partial charge in [-0.3, -0.25) is 14.4 Å². The Morgan fingerprint density at radius 2 is 1.50 bits per heavy atom. The molecule has 0 rings (SSSR count). The summed E-state index contributed by atoms with van der Waals surface area (Å²) in [6.07, 6.45) is 2.31. The highest BCUT2D eigenvalue weighted by Gasteiger charge is 2.23. The summed E-state index contributed by atoms with van der Waals surface area (Å²) in [7, 11) is 7.17. The van der Waals surface area contributed by atoms with Gasteiger partial charge in [-0.15, -0.1) is 0 Å². The molecule has 0 aromatic rings. The van der Waals surface area contributed by atoms with Crippen molar-refractivity contribution in [3.05, 3.63) is 0 Å². The molecule has 1 N–H and O–H groups in total. The lowest BCUT2D eigenvalue weighted by Crippen LogP contribution is -2.37. The fraction of sp³-hybridized carbons (Fsp3) is 0.765. The van der Waals surface area contributed by atoms with Crippen LogP contribution in [0.3, 0.4) is 0 Å². The normalized spacial score (nSPS) is 12.9. The number of methoxy groups -OCH3 is 2. The second-order valence-corrected chi connectivity index (χ2v) is 8.36. The molecular formula is C17H29NO6S2. The number of ketones is 2. The number of likely N-dealkylation sites (N-methyl/N-ethyl adjacent to an activating group) is 1. The molecule has 150 valence electrons. The minimum absolute atomic E-state index is 0.00258. The maximum Gasteiger partial charge on any atom is 0.323 e. The van der Waals surface area contributed by atoms with Crippen LogP contribution >= 0.6 is 21.6 Å². The van der Waals surface area contributed by atoms with Crippen LogP contribution in [0.2, 0.25) is 0 Å². The summed E-state index contributed by atoms with van der Waals surface area (Å²) in [4.78, 5) is 46.3. The third kappa shape index (κ3) is 11.5. The van der Waals surface area contributed by atoms with E-state index < -0.39 is 17.9 Å². The van der Waals surface area contributed by atoms with Gasteiger partial charge in [-0.05, 0) is 26.8 Å². The molecule has 26 heavy (non-hydrogen) atoms. The lowest BCUT2D eigenvalue weighted by Gasteiger charge is -2.15. The van der Waals surface area contributed by atoms with E-state index in [9.17, 15) is 19.2 Å². The van der Waals surface area contributed by atoms with E-state index in [0.717, 1.165) is 0 Å². The smallest absolute Gasteiger partial charge is 0.323 e.